The van der Waals surface area contributed by atoms with Crippen LogP contribution >= 0.6 is 27.7 Å². The van der Waals surface area contributed by atoms with Crippen molar-refractivity contribution in [3.05, 3.63) is 39.7 Å². The molecule has 24 heavy (non-hydrogen) atoms. The molecule has 1 heterocycles. The number of nitrogens with zero attached hydrogens (tertiary/aromatic N) is 1. The Balaban J connectivity index is 2.38. The standard InChI is InChI=1S/C17H18BrNO4S/c1-4-7-23-15-12(18)8-11(9-13(15)22-6-3)10-14-16(20)19(5-2)17(21)24-14/h4,8-10H,1,5-7H2,2-3H3. The van der Waals surface area contributed by atoms with Gasteiger partial charge in [-0.3, -0.25) is 14.5 Å². The second kappa shape index (κ2) is 8.39. The van der Waals surface area contributed by atoms with Crippen LogP contribution in [0.5, 0.6) is 11.5 Å². The van der Waals surface area contributed by atoms with Crippen molar-refractivity contribution >= 4 is 44.9 Å². The van der Waals surface area contributed by atoms with Crippen molar-refractivity contribution in [2.75, 3.05) is 19.8 Å². The quantitative estimate of drug-likeness (QED) is 0.489. The van der Waals surface area contributed by atoms with Gasteiger partial charge < -0.3 is 9.47 Å². The van der Waals surface area contributed by atoms with E-state index >= 15 is 0 Å². The topological polar surface area (TPSA) is 55.8 Å². The molecule has 0 unspecified atom stereocenters. The van der Waals surface area contributed by atoms with Crippen molar-refractivity contribution in [1.82, 2.24) is 4.90 Å². The highest BCUT2D eigenvalue weighted by Crippen LogP contribution is 2.39. The molecule has 0 atom stereocenters. The van der Waals surface area contributed by atoms with Gasteiger partial charge >= 0.3 is 0 Å². The molecule has 0 saturated carbocycles. The summed E-state index contributed by atoms with van der Waals surface area (Å²) < 4.78 is 11.9. The molecule has 1 aliphatic rings. The lowest BCUT2D eigenvalue weighted by Gasteiger charge is -2.13. The number of hydrogen-bond acceptors (Lipinski definition) is 5. The van der Waals surface area contributed by atoms with Gasteiger partial charge in [-0.05, 0) is 65.3 Å². The zero-order valence-electron chi connectivity index (χ0n) is 13.5. The lowest BCUT2D eigenvalue weighted by molar-refractivity contribution is -0.122. The molecule has 0 spiro atoms. The number of amides is 2. The number of carbonyl (C=O) groups excluding carboxylic acids is 2. The van der Waals surface area contributed by atoms with Gasteiger partial charge in [0.1, 0.15) is 6.61 Å². The van der Waals surface area contributed by atoms with E-state index in [0.717, 1.165) is 17.3 Å². The minimum absolute atomic E-state index is 0.246. The maximum absolute atomic E-state index is 12.2. The van der Waals surface area contributed by atoms with E-state index in [1.807, 2.05) is 13.0 Å². The first-order valence-electron chi connectivity index (χ1n) is 7.47. The van der Waals surface area contributed by atoms with Crippen molar-refractivity contribution in [1.29, 1.82) is 0 Å². The number of halogens is 1. The van der Waals surface area contributed by atoms with E-state index in [1.165, 1.54) is 4.90 Å². The molecule has 0 radical (unpaired) electrons. The molecule has 1 aliphatic heterocycles. The monoisotopic (exact) mass is 411 g/mol. The molecular formula is C17H18BrNO4S. The van der Waals surface area contributed by atoms with Gasteiger partial charge in [0.2, 0.25) is 0 Å². The highest BCUT2D eigenvalue weighted by molar-refractivity contribution is 9.10. The molecule has 1 saturated heterocycles. The van der Waals surface area contributed by atoms with Crippen molar-refractivity contribution in [3.8, 4) is 11.5 Å². The lowest BCUT2D eigenvalue weighted by atomic mass is 10.2. The Morgan fingerprint density at radius 1 is 1.29 bits per heavy atom. The molecule has 1 aromatic rings. The van der Waals surface area contributed by atoms with Crippen LogP contribution in [0.2, 0.25) is 0 Å². The minimum Gasteiger partial charge on any atom is -0.490 e. The van der Waals surface area contributed by atoms with Crippen LogP contribution in [0.25, 0.3) is 6.08 Å². The van der Waals surface area contributed by atoms with E-state index < -0.39 is 0 Å². The number of hydrogen-bond donors (Lipinski definition) is 0. The van der Waals surface area contributed by atoms with Gasteiger partial charge in [-0.1, -0.05) is 12.7 Å². The number of thioether (sulfide) groups is 1. The van der Waals surface area contributed by atoms with Crippen molar-refractivity contribution in [2.45, 2.75) is 13.8 Å². The fourth-order valence-corrected chi connectivity index (χ4v) is 3.62. The van der Waals surface area contributed by atoms with Crippen LogP contribution in [0.15, 0.2) is 34.2 Å². The Morgan fingerprint density at radius 2 is 2.04 bits per heavy atom. The largest absolute Gasteiger partial charge is 0.490 e. The number of likely N-dealkylation sites (N-methyl/N-ethyl adjacent to an activating group) is 1. The summed E-state index contributed by atoms with van der Waals surface area (Å²) in [5, 5.41) is -0.246. The Kier molecular flexibility index (Phi) is 6.51. The van der Waals surface area contributed by atoms with E-state index in [1.54, 1.807) is 25.1 Å². The third-order valence-corrected chi connectivity index (χ3v) is 4.66. The van der Waals surface area contributed by atoms with Crippen molar-refractivity contribution < 1.29 is 19.1 Å². The molecule has 2 amide bonds. The average Bonchev–Trinajstić information content (AvgIpc) is 2.80. The first-order valence-corrected chi connectivity index (χ1v) is 9.08. The summed E-state index contributed by atoms with van der Waals surface area (Å²) in [6.45, 7) is 8.48. The maximum Gasteiger partial charge on any atom is 0.293 e. The van der Waals surface area contributed by atoms with Crippen LogP contribution < -0.4 is 9.47 Å². The zero-order chi connectivity index (χ0) is 17.7. The highest BCUT2D eigenvalue weighted by atomic mass is 79.9. The predicted octanol–water partition coefficient (Wildman–Crippen LogP) is 4.47. The number of imide groups is 1. The van der Waals surface area contributed by atoms with Gasteiger partial charge in [0, 0.05) is 6.54 Å². The SMILES string of the molecule is C=CCOc1c(Br)cc(C=C2SC(=O)N(CC)C2=O)cc1OCC. The first-order chi connectivity index (χ1) is 11.5. The summed E-state index contributed by atoms with van der Waals surface area (Å²) in [6.07, 6.45) is 3.34. The van der Waals surface area contributed by atoms with Crippen LogP contribution in [0.1, 0.15) is 19.4 Å². The molecule has 0 bridgehead atoms. The van der Waals surface area contributed by atoms with Crippen molar-refractivity contribution in [3.63, 3.8) is 0 Å². The van der Waals surface area contributed by atoms with E-state index in [2.05, 4.69) is 22.5 Å². The molecule has 5 nitrogen and oxygen atoms in total. The molecule has 7 heteroatoms. The molecule has 1 aromatic carbocycles. The third kappa shape index (κ3) is 4.02. The van der Waals surface area contributed by atoms with Crippen LogP contribution in [-0.2, 0) is 4.79 Å². The van der Waals surface area contributed by atoms with Crippen LogP contribution in [0.4, 0.5) is 4.79 Å². The number of benzene rings is 1. The van der Waals surface area contributed by atoms with E-state index in [9.17, 15) is 9.59 Å². The summed E-state index contributed by atoms with van der Waals surface area (Å²) in [5.74, 6) is 0.874. The summed E-state index contributed by atoms with van der Waals surface area (Å²) >= 11 is 4.40. The maximum atomic E-state index is 12.2. The molecular weight excluding hydrogens is 394 g/mol. The van der Waals surface area contributed by atoms with E-state index in [-0.39, 0.29) is 11.1 Å². The van der Waals surface area contributed by atoms with Gasteiger partial charge in [-0.25, -0.2) is 0 Å². The average molecular weight is 412 g/mol. The fourth-order valence-electron chi connectivity index (χ4n) is 2.14. The van der Waals surface area contributed by atoms with Gasteiger partial charge in [0.25, 0.3) is 11.1 Å². The Morgan fingerprint density at radius 3 is 2.62 bits per heavy atom. The van der Waals surface area contributed by atoms with Gasteiger partial charge in [-0.15, -0.1) is 0 Å². The molecule has 2 rings (SSSR count). The van der Waals surface area contributed by atoms with Crippen LogP contribution in [0.3, 0.4) is 0 Å². The third-order valence-electron chi connectivity index (χ3n) is 3.16. The second-order valence-corrected chi connectivity index (χ2v) is 6.64. The molecule has 1 fully saturated rings. The van der Waals surface area contributed by atoms with Gasteiger partial charge in [0.05, 0.1) is 16.0 Å². The number of rotatable bonds is 7. The smallest absolute Gasteiger partial charge is 0.293 e. The Labute approximate surface area is 153 Å². The lowest BCUT2D eigenvalue weighted by Crippen LogP contribution is -2.27. The van der Waals surface area contributed by atoms with Gasteiger partial charge in [-0.2, -0.15) is 0 Å². The van der Waals surface area contributed by atoms with E-state index in [4.69, 9.17) is 9.47 Å². The minimum atomic E-state index is -0.270. The van der Waals surface area contributed by atoms with Gasteiger partial charge in [0.15, 0.2) is 11.5 Å². The summed E-state index contributed by atoms with van der Waals surface area (Å²) in [5.41, 5.74) is 0.748. The highest BCUT2D eigenvalue weighted by Gasteiger charge is 2.33. The number of carbonyl (C=O) groups is 2. The number of ether oxygens (including phenoxy) is 2. The normalized spacial score (nSPS) is 16.0. The molecule has 128 valence electrons. The first kappa shape index (κ1) is 18.6. The van der Waals surface area contributed by atoms with Crippen LogP contribution in [0, 0.1) is 0 Å². The summed E-state index contributed by atoms with van der Waals surface area (Å²) in [6, 6.07) is 3.60. The second-order valence-electron chi connectivity index (χ2n) is 4.79. The fraction of sp³-hybridized carbons (Fsp3) is 0.294. The molecule has 0 N–H and O–H groups in total. The summed E-state index contributed by atoms with van der Waals surface area (Å²) in [7, 11) is 0. The Hall–Kier alpha value is -1.73. The van der Waals surface area contributed by atoms with Crippen molar-refractivity contribution in [2.24, 2.45) is 0 Å². The zero-order valence-corrected chi connectivity index (χ0v) is 15.9. The van der Waals surface area contributed by atoms with E-state index in [0.29, 0.717) is 40.6 Å². The summed E-state index contributed by atoms with van der Waals surface area (Å²) in [4.78, 5) is 25.6. The predicted molar refractivity (Wildman–Crippen MR) is 99.4 cm³/mol. The van der Waals surface area contributed by atoms with Crippen LogP contribution in [-0.4, -0.2) is 35.8 Å². The molecule has 0 aliphatic carbocycles. The Bertz CT molecular complexity index is 702. The molecule has 0 aromatic heterocycles.